The van der Waals surface area contributed by atoms with E-state index in [9.17, 15) is 4.39 Å². The molecule has 0 heterocycles. The van der Waals surface area contributed by atoms with Crippen LogP contribution in [0.15, 0.2) is 24.3 Å². The van der Waals surface area contributed by atoms with E-state index in [0.29, 0.717) is 12.0 Å². The molecule has 2 nitrogen and oxygen atoms in total. The van der Waals surface area contributed by atoms with Crippen molar-refractivity contribution in [2.75, 3.05) is 13.1 Å². The van der Waals surface area contributed by atoms with E-state index < -0.39 is 0 Å². The van der Waals surface area contributed by atoms with E-state index in [1.54, 1.807) is 12.1 Å². The third kappa shape index (κ3) is 5.22. The molecule has 0 saturated heterocycles. The summed E-state index contributed by atoms with van der Waals surface area (Å²) in [5.74, 6) is 0.395. The number of hydrogen-bond donors (Lipinski definition) is 1. The summed E-state index contributed by atoms with van der Waals surface area (Å²) in [5.41, 5.74) is 7.16. The molecule has 20 heavy (non-hydrogen) atoms. The average Bonchev–Trinajstić information content (AvgIpc) is 2.39. The molecule has 3 heteroatoms. The molecule has 0 fully saturated rings. The van der Waals surface area contributed by atoms with Crippen molar-refractivity contribution in [1.29, 1.82) is 0 Å². The smallest absolute Gasteiger partial charge is 0.123 e. The van der Waals surface area contributed by atoms with Crippen molar-refractivity contribution in [1.82, 2.24) is 4.90 Å². The SMILES string of the molecule is CCC(CC)N(CC(C)C)CC(N)c1cccc(F)c1. The molecule has 0 spiro atoms. The molecule has 114 valence electrons. The predicted molar refractivity (Wildman–Crippen MR) is 84.1 cm³/mol. The molecule has 1 aromatic rings. The summed E-state index contributed by atoms with van der Waals surface area (Å²) in [4.78, 5) is 2.46. The maximum atomic E-state index is 13.3. The van der Waals surface area contributed by atoms with E-state index >= 15 is 0 Å². The molecule has 1 atom stereocenters. The minimum absolute atomic E-state index is 0.134. The average molecular weight is 280 g/mol. The lowest BCUT2D eigenvalue weighted by atomic mass is 10.0. The Hall–Kier alpha value is -0.930. The highest BCUT2D eigenvalue weighted by Crippen LogP contribution is 2.18. The summed E-state index contributed by atoms with van der Waals surface area (Å²) in [6.45, 7) is 10.7. The topological polar surface area (TPSA) is 29.3 Å². The summed E-state index contributed by atoms with van der Waals surface area (Å²) in [7, 11) is 0. The van der Waals surface area contributed by atoms with Crippen molar-refractivity contribution in [3.05, 3.63) is 35.6 Å². The summed E-state index contributed by atoms with van der Waals surface area (Å²) in [5, 5.41) is 0. The zero-order chi connectivity index (χ0) is 15.1. The molecule has 0 aliphatic rings. The second-order valence-corrected chi connectivity index (χ2v) is 5.98. The Morgan fingerprint density at radius 1 is 1.15 bits per heavy atom. The number of nitrogens with zero attached hydrogens (tertiary/aromatic N) is 1. The highest BCUT2D eigenvalue weighted by Gasteiger charge is 2.19. The van der Waals surface area contributed by atoms with E-state index in [2.05, 4.69) is 32.6 Å². The molecule has 1 unspecified atom stereocenters. The Balaban J connectivity index is 2.77. The lowest BCUT2D eigenvalue weighted by Crippen LogP contribution is -2.41. The first kappa shape index (κ1) is 17.1. The molecule has 0 aromatic heterocycles. The van der Waals surface area contributed by atoms with Gasteiger partial charge in [0.2, 0.25) is 0 Å². The Morgan fingerprint density at radius 3 is 2.30 bits per heavy atom. The third-order valence-corrected chi connectivity index (χ3v) is 3.77. The molecule has 0 bridgehead atoms. The van der Waals surface area contributed by atoms with Crippen molar-refractivity contribution >= 4 is 0 Å². The highest BCUT2D eigenvalue weighted by atomic mass is 19.1. The Kier molecular flexibility index (Phi) is 7.17. The number of halogens is 1. The first-order valence-electron chi connectivity index (χ1n) is 7.72. The highest BCUT2D eigenvalue weighted by molar-refractivity contribution is 5.20. The van der Waals surface area contributed by atoms with Crippen molar-refractivity contribution in [3.8, 4) is 0 Å². The van der Waals surface area contributed by atoms with E-state index in [-0.39, 0.29) is 11.9 Å². The van der Waals surface area contributed by atoms with Gasteiger partial charge in [0, 0.05) is 25.2 Å². The molecule has 0 radical (unpaired) electrons. The summed E-state index contributed by atoms with van der Waals surface area (Å²) in [6.07, 6.45) is 2.25. The molecule has 0 aliphatic carbocycles. The molecule has 0 amide bonds. The maximum Gasteiger partial charge on any atom is 0.123 e. The Bertz CT molecular complexity index is 388. The molecular weight excluding hydrogens is 251 g/mol. The molecule has 1 rings (SSSR count). The van der Waals surface area contributed by atoms with Gasteiger partial charge in [0.05, 0.1) is 0 Å². The van der Waals surface area contributed by atoms with Crippen LogP contribution in [0, 0.1) is 11.7 Å². The van der Waals surface area contributed by atoms with Crippen molar-refractivity contribution in [2.45, 2.75) is 52.6 Å². The Labute approximate surface area is 123 Å². The van der Waals surface area contributed by atoms with Gasteiger partial charge in [-0.05, 0) is 36.5 Å². The van der Waals surface area contributed by atoms with Crippen LogP contribution >= 0.6 is 0 Å². The van der Waals surface area contributed by atoms with Gasteiger partial charge in [-0.1, -0.05) is 39.8 Å². The summed E-state index contributed by atoms with van der Waals surface area (Å²) < 4.78 is 13.3. The molecular formula is C17H29FN2. The zero-order valence-electron chi connectivity index (χ0n) is 13.3. The van der Waals surface area contributed by atoms with Crippen LogP contribution in [0.2, 0.25) is 0 Å². The fourth-order valence-corrected chi connectivity index (χ4v) is 2.74. The number of hydrogen-bond acceptors (Lipinski definition) is 2. The standard InChI is InChI=1S/C17H29FN2/c1-5-16(6-2)20(11-13(3)4)12-17(19)14-8-7-9-15(18)10-14/h7-10,13,16-17H,5-6,11-12,19H2,1-4H3. The summed E-state index contributed by atoms with van der Waals surface area (Å²) in [6, 6.07) is 7.07. The van der Waals surface area contributed by atoms with E-state index in [0.717, 1.165) is 31.5 Å². The lowest BCUT2D eigenvalue weighted by Gasteiger charge is -2.34. The quantitative estimate of drug-likeness (QED) is 0.780. The van der Waals surface area contributed by atoms with Crippen LogP contribution in [0.1, 0.15) is 52.1 Å². The van der Waals surface area contributed by atoms with Crippen LogP contribution in [0.3, 0.4) is 0 Å². The van der Waals surface area contributed by atoms with Gasteiger partial charge in [0.15, 0.2) is 0 Å². The van der Waals surface area contributed by atoms with Gasteiger partial charge < -0.3 is 5.73 Å². The number of nitrogens with two attached hydrogens (primary N) is 1. The third-order valence-electron chi connectivity index (χ3n) is 3.77. The summed E-state index contributed by atoms with van der Waals surface area (Å²) >= 11 is 0. The van der Waals surface area contributed by atoms with Crippen LogP contribution in [0.25, 0.3) is 0 Å². The maximum absolute atomic E-state index is 13.3. The fourth-order valence-electron chi connectivity index (χ4n) is 2.74. The van der Waals surface area contributed by atoms with Gasteiger partial charge in [-0.2, -0.15) is 0 Å². The van der Waals surface area contributed by atoms with Crippen LogP contribution in [-0.4, -0.2) is 24.0 Å². The first-order valence-corrected chi connectivity index (χ1v) is 7.72. The van der Waals surface area contributed by atoms with Crippen LogP contribution in [0.5, 0.6) is 0 Å². The second kappa shape index (κ2) is 8.38. The van der Waals surface area contributed by atoms with Gasteiger partial charge in [-0.15, -0.1) is 0 Å². The molecule has 0 aliphatic heterocycles. The van der Waals surface area contributed by atoms with Crippen LogP contribution in [0.4, 0.5) is 4.39 Å². The van der Waals surface area contributed by atoms with Gasteiger partial charge in [-0.3, -0.25) is 4.90 Å². The van der Waals surface area contributed by atoms with Crippen molar-refractivity contribution in [2.24, 2.45) is 11.7 Å². The van der Waals surface area contributed by atoms with Crippen molar-refractivity contribution < 1.29 is 4.39 Å². The molecule has 2 N–H and O–H groups in total. The van der Waals surface area contributed by atoms with Crippen LogP contribution < -0.4 is 5.73 Å². The van der Waals surface area contributed by atoms with Gasteiger partial charge in [-0.25, -0.2) is 4.39 Å². The molecule has 1 aromatic carbocycles. The number of rotatable bonds is 8. The van der Waals surface area contributed by atoms with Gasteiger partial charge in [0.25, 0.3) is 0 Å². The van der Waals surface area contributed by atoms with Crippen molar-refractivity contribution in [3.63, 3.8) is 0 Å². The molecule has 0 saturated carbocycles. The zero-order valence-corrected chi connectivity index (χ0v) is 13.3. The van der Waals surface area contributed by atoms with Crippen LogP contribution in [-0.2, 0) is 0 Å². The second-order valence-electron chi connectivity index (χ2n) is 5.98. The number of benzene rings is 1. The lowest BCUT2D eigenvalue weighted by molar-refractivity contribution is 0.156. The first-order chi connectivity index (χ1) is 9.47. The largest absolute Gasteiger partial charge is 0.323 e. The Morgan fingerprint density at radius 2 is 1.80 bits per heavy atom. The van der Waals surface area contributed by atoms with E-state index in [4.69, 9.17) is 5.73 Å². The minimum Gasteiger partial charge on any atom is -0.323 e. The normalized spacial score (nSPS) is 13.4. The van der Waals surface area contributed by atoms with E-state index in [1.165, 1.54) is 6.07 Å². The minimum atomic E-state index is -0.212. The van der Waals surface area contributed by atoms with Gasteiger partial charge in [0.1, 0.15) is 5.82 Å². The predicted octanol–water partition coefficient (Wildman–Crippen LogP) is 3.97. The van der Waals surface area contributed by atoms with Gasteiger partial charge >= 0.3 is 0 Å². The fraction of sp³-hybridized carbons (Fsp3) is 0.647. The monoisotopic (exact) mass is 280 g/mol. The van der Waals surface area contributed by atoms with E-state index in [1.807, 2.05) is 6.07 Å².